The molecule has 4 nitrogen and oxygen atoms in total. The predicted molar refractivity (Wildman–Crippen MR) is 79.2 cm³/mol. The molecule has 112 valence electrons. The van der Waals surface area contributed by atoms with Crippen LogP contribution in [0.25, 0.3) is 0 Å². The molecule has 0 spiro atoms. The van der Waals surface area contributed by atoms with E-state index in [0.29, 0.717) is 18.4 Å². The minimum atomic E-state index is -0.246. The number of hydrogen-bond acceptors (Lipinski definition) is 2. The number of nitrogens with one attached hydrogen (secondary N) is 1. The van der Waals surface area contributed by atoms with E-state index in [1.807, 2.05) is 26.2 Å². The Morgan fingerprint density at radius 2 is 2.24 bits per heavy atom. The van der Waals surface area contributed by atoms with Crippen LogP contribution >= 0.6 is 0 Å². The van der Waals surface area contributed by atoms with Crippen LogP contribution in [0, 0.1) is 12.7 Å². The molecule has 1 heterocycles. The van der Waals surface area contributed by atoms with Crippen molar-refractivity contribution in [1.82, 2.24) is 15.1 Å². The summed E-state index contributed by atoms with van der Waals surface area (Å²) in [4.78, 5) is 11.9. The SMILES string of the molecule is Cc1ccc([C@H](C)NC(=O)CCc2cnn(C)c2)cc1F. The molecule has 1 aromatic carbocycles. The Balaban J connectivity index is 1.88. The molecule has 21 heavy (non-hydrogen) atoms. The molecule has 0 bridgehead atoms. The molecule has 0 aliphatic heterocycles. The normalized spacial score (nSPS) is 12.2. The third-order valence-electron chi connectivity index (χ3n) is 3.47. The average molecular weight is 289 g/mol. The van der Waals surface area contributed by atoms with Crippen molar-refractivity contribution in [2.45, 2.75) is 32.7 Å². The second-order valence-electron chi connectivity index (χ2n) is 5.32. The van der Waals surface area contributed by atoms with Gasteiger partial charge in [0, 0.05) is 19.7 Å². The van der Waals surface area contributed by atoms with Gasteiger partial charge < -0.3 is 5.32 Å². The van der Waals surface area contributed by atoms with E-state index in [1.165, 1.54) is 6.07 Å². The number of aryl methyl sites for hydroxylation is 3. The van der Waals surface area contributed by atoms with E-state index in [0.717, 1.165) is 11.1 Å². The molecule has 5 heteroatoms. The maximum atomic E-state index is 13.5. The molecule has 0 aliphatic rings. The molecule has 0 unspecified atom stereocenters. The van der Waals surface area contributed by atoms with Crippen LogP contribution in [-0.2, 0) is 18.3 Å². The highest BCUT2D eigenvalue weighted by Gasteiger charge is 2.11. The van der Waals surface area contributed by atoms with E-state index in [1.54, 1.807) is 23.9 Å². The van der Waals surface area contributed by atoms with Crippen LogP contribution in [0.4, 0.5) is 4.39 Å². The number of nitrogens with zero attached hydrogens (tertiary/aromatic N) is 2. The lowest BCUT2D eigenvalue weighted by Crippen LogP contribution is -2.26. The molecule has 0 fully saturated rings. The number of amides is 1. The molecule has 0 saturated carbocycles. The first kappa shape index (κ1) is 15.2. The van der Waals surface area contributed by atoms with Crippen molar-refractivity contribution < 1.29 is 9.18 Å². The first-order chi connectivity index (χ1) is 9.95. The van der Waals surface area contributed by atoms with Crippen LogP contribution in [0.2, 0.25) is 0 Å². The Kier molecular flexibility index (Phi) is 4.73. The first-order valence-electron chi connectivity index (χ1n) is 6.98. The van der Waals surface area contributed by atoms with Crippen LogP contribution in [0.3, 0.4) is 0 Å². The lowest BCUT2D eigenvalue weighted by Gasteiger charge is -2.15. The third kappa shape index (κ3) is 4.15. The number of hydrogen-bond donors (Lipinski definition) is 1. The van der Waals surface area contributed by atoms with E-state index < -0.39 is 0 Å². The highest BCUT2D eigenvalue weighted by molar-refractivity contribution is 5.76. The number of carbonyl (C=O) groups is 1. The summed E-state index contributed by atoms with van der Waals surface area (Å²) in [5, 5.41) is 6.95. The smallest absolute Gasteiger partial charge is 0.220 e. The van der Waals surface area contributed by atoms with Gasteiger partial charge in [-0.25, -0.2) is 4.39 Å². The number of benzene rings is 1. The Hall–Kier alpha value is -2.17. The van der Waals surface area contributed by atoms with Crippen molar-refractivity contribution in [2.75, 3.05) is 0 Å². The fraction of sp³-hybridized carbons (Fsp3) is 0.375. The summed E-state index contributed by atoms with van der Waals surface area (Å²) in [6.07, 6.45) is 4.69. The van der Waals surface area contributed by atoms with Gasteiger partial charge in [0.25, 0.3) is 0 Å². The van der Waals surface area contributed by atoms with Crippen molar-refractivity contribution in [2.24, 2.45) is 7.05 Å². The lowest BCUT2D eigenvalue weighted by atomic mass is 10.1. The minimum absolute atomic E-state index is 0.0488. The average Bonchev–Trinajstić information content (AvgIpc) is 2.85. The molecule has 2 aromatic rings. The highest BCUT2D eigenvalue weighted by atomic mass is 19.1. The van der Waals surface area contributed by atoms with Gasteiger partial charge in [-0.15, -0.1) is 0 Å². The maximum absolute atomic E-state index is 13.5. The van der Waals surface area contributed by atoms with E-state index in [9.17, 15) is 9.18 Å². The standard InChI is InChI=1S/C16H20FN3O/c1-11-4-6-14(8-15(11)17)12(2)19-16(21)7-5-13-9-18-20(3)10-13/h4,6,8-10,12H,5,7H2,1-3H3,(H,19,21)/t12-/m0/s1. The van der Waals surface area contributed by atoms with Crippen LogP contribution in [0.1, 0.15) is 36.1 Å². The molecule has 0 saturated heterocycles. The van der Waals surface area contributed by atoms with E-state index in [2.05, 4.69) is 10.4 Å². The van der Waals surface area contributed by atoms with Gasteiger partial charge in [0.15, 0.2) is 0 Å². The van der Waals surface area contributed by atoms with Crippen LogP contribution in [0.15, 0.2) is 30.6 Å². The number of halogens is 1. The zero-order valence-electron chi connectivity index (χ0n) is 12.6. The van der Waals surface area contributed by atoms with E-state index in [-0.39, 0.29) is 17.8 Å². The Morgan fingerprint density at radius 3 is 2.86 bits per heavy atom. The number of aromatic nitrogens is 2. The predicted octanol–water partition coefficient (Wildman–Crippen LogP) is 2.68. The quantitative estimate of drug-likeness (QED) is 0.920. The summed E-state index contributed by atoms with van der Waals surface area (Å²) >= 11 is 0. The Labute approximate surface area is 124 Å². The van der Waals surface area contributed by atoms with Gasteiger partial charge in [-0.2, -0.15) is 5.10 Å². The van der Waals surface area contributed by atoms with Gasteiger partial charge in [-0.1, -0.05) is 12.1 Å². The fourth-order valence-electron chi connectivity index (χ4n) is 2.13. The molecule has 1 aromatic heterocycles. The van der Waals surface area contributed by atoms with Crippen LogP contribution in [0.5, 0.6) is 0 Å². The molecule has 2 rings (SSSR count). The van der Waals surface area contributed by atoms with Gasteiger partial charge in [0.05, 0.1) is 12.2 Å². The lowest BCUT2D eigenvalue weighted by molar-refractivity contribution is -0.121. The molecule has 1 amide bonds. The maximum Gasteiger partial charge on any atom is 0.220 e. The molecule has 0 radical (unpaired) electrons. The molecule has 1 atom stereocenters. The van der Waals surface area contributed by atoms with E-state index >= 15 is 0 Å². The van der Waals surface area contributed by atoms with Gasteiger partial charge in [0.2, 0.25) is 5.91 Å². The summed E-state index contributed by atoms with van der Waals surface area (Å²) in [6.45, 7) is 3.57. The topological polar surface area (TPSA) is 46.9 Å². The monoisotopic (exact) mass is 289 g/mol. The first-order valence-corrected chi connectivity index (χ1v) is 6.98. The molecule has 1 N–H and O–H groups in total. The zero-order valence-corrected chi connectivity index (χ0v) is 12.6. The number of rotatable bonds is 5. The second-order valence-corrected chi connectivity index (χ2v) is 5.32. The zero-order chi connectivity index (χ0) is 15.4. The van der Waals surface area contributed by atoms with Crippen LogP contribution < -0.4 is 5.32 Å². The summed E-state index contributed by atoms with van der Waals surface area (Å²) in [6, 6.07) is 4.83. The minimum Gasteiger partial charge on any atom is -0.350 e. The highest BCUT2D eigenvalue weighted by Crippen LogP contribution is 2.16. The molecular formula is C16H20FN3O. The van der Waals surface area contributed by atoms with Gasteiger partial charge in [-0.3, -0.25) is 9.48 Å². The summed E-state index contributed by atoms with van der Waals surface area (Å²) < 4.78 is 15.2. The van der Waals surface area contributed by atoms with Gasteiger partial charge in [0.1, 0.15) is 5.82 Å². The summed E-state index contributed by atoms with van der Waals surface area (Å²) in [7, 11) is 1.84. The summed E-state index contributed by atoms with van der Waals surface area (Å²) in [5.74, 6) is -0.295. The van der Waals surface area contributed by atoms with E-state index in [4.69, 9.17) is 0 Å². The van der Waals surface area contributed by atoms with Crippen molar-refractivity contribution in [3.8, 4) is 0 Å². The molecule has 0 aliphatic carbocycles. The molecular weight excluding hydrogens is 269 g/mol. The van der Waals surface area contributed by atoms with Crippen molar-refractivity contribution in [1.29, 1.82) is 0 Å². The fourth-order valence-corrected chi connectivity index (χ4v) is 2.13. The van der Waals surface area contributed by atoms with Crippen molar-refractivity contribution >= 4 is 5.91 Å². The van der Waals surface area contributed by atoms with Gasteiger partial charge >= 0.3 is 0 Å². The largest absolute Gasteiger partial charge is 0.350 e. The Bertz CT molecular complexity index is 636. The third-order valence-corrected chi connectivity index (χ3v) is 3.47. The van der Waals surface area contributed by atoms with Crippen LogP contribution in [-0.4, -0.2) is 15.7 Å². The van der Waals surface area contributed by atoms with Gasteiger partial charge in [-0.05, 0) is 43.0 Å². The van der Waals surface area contributed by atoms with Crippen molar-refractivity contribution in [3.63, 3.8) is 0 Å². The van der Waals surface area contributed by atoms with Crippen molar-refractivity contribution in [3.05, 3.63) is 53.1 Å². The summed E-state index contributed by atoms with van der Waals surface area (Å²) in [5.41, 5.74) is 2.41. The number of carbonyl (C=O) groups excluding carboxylic acids is 1. The Morgan fingerprint density at radius 1 is 1.48 bits per heavy atom. The second kappa shape index (κ2) is 6.52.